The largest absolute Gasteiger partial charge is 0.446 e. The number of rotatable bonds is 3. The summed E-state index contributed by atoms with van der Waals surface area (Å²) in [5, 5.41) is 0. The molecule has 0 N–H and O–H groups in total. The Hall–Kier alpha value is -1.75. The lowest BCUT2D eigenvalue weighted by Crippen LogP contribution is -2.02. The Balaban J connectivity index is 2.17. The van der Waals surface area contributed by atoms with Crippen molar-refractivity contribution in [3.05, 3.63) is 65.7 Å². The quantitative estimate of drug-likeness (QED) is 0.607. The molecule has 2 rings (SSSR count). The van der Waals surface area contributed by atoms with Crippen LogP contribution in [0, 0.1) is 0 Å². The number of hydrogen-bond acceptors (Lipinski definition) is 2. The summed E-state index contributed by atoms with van der Waals surface area (Å²) in [6.45, 7) is 0. The molecular formula is C14H9F3OS. The first-order chi connectivity index (χ1) is 8.96. The highest BCUT2D eigenvalue weighted by atomic mass is 32.2. The lowest BCUT2D eigenvalue weighted by molar-refractivity contribution is -0.0328. The Labute approximate surface area is 112 Å². The van der Waals surface area contributed by atoms with Crippen LogP contribution < -0.4 is 0 Å². The number of ketones is 1. The van der Waals surface area contributed by atoms with Crippen LogP contribution in [0.3, 0.4) is 0 Å². The lowest BCUT2D eigenvalue weighted by atomic mass is 10.0. The van der Waals surface area contributed by atoms with Gasteiger partial charge in [-0.15, -0.1) is 0 Å². The minimum absolute atomic E-state index is 0.0668. The van der Waals surface area contributed by atoms with E-state index in [0.29, 0.717) is 11.1 Å². The van der Waals surface area contributed by atoms with E-state index >= 15 is 0 Å². The number of alkyl halides is 3. The maximum Gasteiger partial charge on any atom is 0.446 e. The summed E-state index contributed by atoms with van der Waals surface area (Å²) < 4.78 is 36.5. The zero-order chi connectivity index (χ0) is 13.9. The molecule has 19 heavy (non-hydrogen) atoms. The molecule has 0 saturated carbocycles. The lowest BCUT2D eigenvalue weighted by Gasteiger charge is -2.06. The van der Waals surface area contributed by atoms with Gasteiger partial charge in [0.15, 0.2) is 5.78 Å². The second-order valence-corrected chi connectivity index (χ2v) is 4.91. The highest BCUT2D eigenvalue weighted by Crippen LogP contribution is 2.36. The number of carbonyl (C=O) groups is 1. The number of thioether (sulfide) groups is 1. The Kier molecular flexibility index (Phi) is 3.95. The third-order valence-corrected chi connectivity index (χ3v) is 3.13. The molecule has 0 saturated heterocycles. The topological polar surface area (TPSA) is 17.1 Å². The Bertz CT molecular complexity index is 561. The number of carbonyl (C=O) groups excluding carboxylic acids is 1. The second-order valence-electron chi connectivity index (χ2n) is 3.77. The van der Waals surface area contributed by atoms with Gasteiger partial charge in [0.25, 0.3) is 0 Å². The van der Waals surface area contributed by atoms with Crippen LogP contribution in [-0.2, 0) is 0 Å². The van der Waals surface area contributed by atoms with E-state index in [9.17, 15) is 18.0 Å². The minimum atomic E-state index is -4.31. The van der Waals surface area contributed by atoms with Crippen molar-refractivity contribution in [2.45, 2.75) is 10.4 Å². The van der Waals surface area contributed by atoms with Crippen LogP contribution in [0.15, 0.2) is 59.5 Å². The molecule has 1 nitrogen and oxygen atoms in total. The van der Waals surface area contributed by atoms with Crippen LogP contribution >= 0.6 is 11.8 Å². The highest BCUT2D eigenvalue weighted by Gasteiger charge is 2.29. The Morgan fingerprint density at radius 3 is 1.89 bits per heavy atom. The molecule has 0 bridgehead atoms. The molecule has 0 radical (unpaired) electrons. The summed E-state index contributed by atoms with van der Waals surface area (Å²) in [5.74, 6) is -0.204. The molecule has 0 heterocycles. The third-order valence-electron chi connectivity index (χ3n) is 2.39. The zero-order valence-electron chi connectivity index (χ0n) is 9.65. The molecule has 0 aliphatic heterocycles. The van der Waals surface area contributed by atoms with E-state index < -0.39 is 5.51 Å². The van der Waals surface area contributed by atoms with Gasteiger partial charge >= 0.3 is 5.51 Å². The van der Waals surface area contributed by atoms with Gasteiger partial charge in [-0.2, -0.15) is 13.2 Å². The minimum Gasteiger partial charge on any atom is -0.289 e. The first kappa shape index (κ1) is 13.7. The molecule has 0 aliphatic rings. The van der Waals surface area contributed by atoms with Gasteiger partial charge in [-0.1, -0.05) is 30.3 Å². The average molecular weight is 282 g/mol. The summed E-state index contributed by atoms with van der Waals surface area (Å²) in [4.78, 5) is 12.1. The van der Waals surface area contributed by atoms with Crippen LogP contribution in [0.2, 0.25) is 0 Å². The van der Waals surface area contributed by atoms with E-state index in [4.69, 9.17) is 0 Å². The molecule has 2 aromatic carbocycles. The van der Waals surface area contributed by atoms with Gasteiger partial charge < -0.3 is 0 Å². The van der Waals surface area contributed by atoms with Gasteiger partial charge in [0.1, 0.15) is 0 Å². The fourth-order valence-corrected chi connectivity index (χ4v) is 2.10. The van der Waals surface area contributed by atoms with E-state index in [-0.39, 0.29) is 22.4 Å². The standard InChI is InChI=1S/C14H9F3OS/c15-14(16,17)19-12-8-6-11(7-9-12)13(18)10-4-2-1-3-5-10/h1-9H. The molecule has 98 valence electrons. The van der Waals surface area contributed by atoms with Crippen molar-refractivity contribution in [3.8, 4) is 0 Å². The molecule has 2 aromatic rings. The summed E-state index contributed by atoms with van der Waals surface area (Å²) in [6.07, 6.45) is 0. The second kappa shape index (κ2) is 5.48. The molecule has 5 heteroatoms. The van der Waals surface area contributed by atoms with E-state index in [2.05, 4.69) is 0 Å². The van der Waals surface area contributed by atoms with Crippen LogP contribution in [0.25, 0.3) is 0 Å². The smallest absolute Gasteiger partial charge is 0.289 e. The van der Waals surface area contributed by atoms with Crippen molar-refractivity contribution in [3.63, 3.8) is 0 Å². The predicted molar refractivity (Wildman–Crippen MR) is 68.2 cm³/mol. The van der Waals surface area contributed by atoms with Crippen molar-refractivity contribution in [1.82, 2.24) is 0 Å². The molecular weight excluding hydrogens is 273 g/mol. The van der Waals surface area contributed by atoms with Gasteiger partial charge in [0, 0.05) is 16.0 Å². The monoisotopic (exact) mass is 282 g/mol. The van der Waals surface area contributed by atoms with E-state index in [1.54, 1.807) is 30.3 Å². The SMILES string of the molecule is O=C(c1ccccc1)c1ccc(SC(F)(F)F)cc1. The van der Waals surface area contributed by atoms with Crippen LogP contribution in [0.4, 0.5) is 13.2 Å². The van der Waals surface area contributed by atoms with Gasteiger partial charge in [-0.25, -0.2) is 0 Å². The van der Waals surface area contributed by atoms with Crippen molar-refractivity contribution >= 4 is 17.5 Å². The van der Waals surface area contributed by atoms with E-state index in [0.717, 1.165) is 0 Å². The summed E-state index contributed by atoms with van der Waals surface area (Å²) in [5.41, 5.74) is -3.43. The van der Waals surface area contributed by atoms with Crippen molar-refractivity contribution in [1.29, 1.82) is 0 Å². The van der Waals surface area contributed by atoms with Crippen LogP contribution in [0.1, 0.15) is 15.9 Å². The highest BCUT2D eigenvalue weighted by molar-refractivity contribution is 8.00. The van der Waals surface area contributed by atoms with Crippen molar-refractivity contribution in [2.75, 3.05) is 0 Å². The van der Waals surface area contributed by atoms with Gasteiger partial charge in [0.05, 0.1) is 0 Å². The van der Waals surface area contributed by atoms with E-state index in [1.165, 1.54) is 24.3 Å². The third kappa shape index (κ3) is 3.86. The maximum absolute atomic E-state index is 12.2. The molecule has 0 spiro atoms. The normalized spacial score (nSPS) is 11.3. The van der Waals surface area contributed by atoms with Crippen LogP contribution in [-0.4, -0.2) is 11.3 Å². The van der Waals surface area contributed by atoms with E-state index in [1.807, 2.05) is 0 Å². The fraction of sp³-hybridized carbons (Fsp3) is 0.0714. The summed E-state index contributed by atoms with van der Waals surface area (Å²) in [7, 11) is 0. The van der Waals surface area contributed by atoms with Crippen LogP contribution in [0.5, 0.6) is 0 Å². The predicted octanol–water partition coefficient (Wildman–Crippen LogP) is 4.53. The molecule has 0 unspecified atom stereocenters. The molecule has 0 amide bonds. The van der Waals surface area contributed by atoms with Gasteiger partial charge in [-0.05, 0) is 36.0 Å². The van der Waals surface area contributed by atoms with Gasteiger partial charge in [0.2, 0.25) is 0 Å². The fourth-order valence-electron chi connectivity index (χ4n) is 1.56. The zero-order valence-corrected chi connectivity index (χ0v) is 10.5. The number of hydrogen-bond donors (Lipinski definition) is 0. The Morgan fingerprint density at radius 2 is 1.37 bits per heavy atom. The van der Waals surface area contributed by atoms with Crippen molar-refractivity contribution < 1.29 is 18.0 Å². The molecule has 0 atom stereocenters. The average Bonchev–Trinajstić information content (AvgIpc) is 2.38. The molecule has 0 aromatic heterocycles. The summed E-state index contributed by atoms with van der Waals surface area (Å²) in [6, 6.07) is 14.0. The maximum atomic E-state index is 12.2. The number of benzene rings is 2. The van der Waals surface area contributed by atoms with Gasteiger partial charge in [-0.3, -0.25) is 4.79 Å². The first-order valence-electron chi connectivity index (χ1n) is 5.41. The van der Waals surface area contributed by atoms with Crippen molar-refractivity contribution in [2.24, 2.45) is 0 Å². The molecule has 0 fully saturated rings. The molecule has 0 aliphatic carbocycles. The first-order valence-corrected chi connectivity index (χ1v) is 6.23. The number of halogens is 3. The Morgan fingerprint density at radius 1 is 0.842 bits per heavy atom. The summed E-state index contributed by atoms with van der Waals surface area (Å²) >= 11 is -0.194.